The molecule has 0 saturated carbocycles. The van der Waals surface area contributed by atoms with Crippen LogP contribution in [0.15, 0.2) is 97.2 Å². The van der Waals surface area contributed by atoms with Gasteiger partial charge in [0.25, 0.3) is 0 Å². The van der Waals surface area contributed by atoms with Crippen molar-refractivity contribution < 1.29 is 28.6 Å². The molecule has 0 saturated heterocycles. The Bertz CT molecular complexity index is 1310. The SMILES string of the molecule is CC/C=C\C/C=C\C/C=C\C/C=C\C/C=C\CCC(=O)OC(COC(=O)CCC/C=C\C/C=C\C/C=C\CCCCCCCC)COC(=O)CCCCCCCCCCCCCCCC. The van der Waals surface area contributed by atoms with Crippen molar-refractivity contribution >= 4 is 17.9 Å². The molecule has 0 heterocycles. The number of allylic oxidation sites excluding steroid dienone is 16. The van der Waals surface area contributed by atoms with Gasteiger partial charge in [0.1, 0.15) is 13.2 Å². The molecule has 6 nitrogen and oxygen atoms in total. The third-order valence-corrected chi connectivity index (χ3v) is 11.1. The van der Waals surface area contributed by atoms with Gasteiger partial charge < -0.3 is 14.2 Å². The molecule has 0 rings (SSSR count). The maximum absolute atomic E-state index is 12.8. The molecule has 0 radical (unpaired) electrons. The monoisotopic (exact) mass is 903 g/mol. The first-order valence-corrected chi connectivity index (χ1v) is 26.7. The molecule has 1 unspecified atom stereocenters. The van der Waals surface area contributed by atoms with Gasteiger partial charge in [0.15, 0.2) is 6.10 Å². The molecule has 65 heavy (non-hydrogen) atoms. The Balaban J connectivity index is 4.57. The Morgan fingerprint density at radius 1 is 0.323 bits per heavy atom. The van der Waals surface area contributed by atoms with Crippen LogP contribution >= 0.6 is 0 Å². The largest absolute Gasteiger partial charge is 0.462 e. The summed E-state index contributed by atoms with van der Waals surface area (Å²) in [5, 5.41) is 0. The predicted octanol–water partition coefficient (Wildman–Crippen LogP) is 17.8. The van der Waals surface area contributed by atoms with Crippen molar-refractivity contribution in [2.24, 2.45) is 0 Å². The van der Waals surface area contributed by atoms with Crippen LogP contribution in [0, 0.1) is 0 Å². The Kier molecular flexibility index (Phi) is 50.0. The fraction of sp³-hybridized carbons (Fsp3) is 0.678. The molecule has 0 aromatic heterocycles. The highest BCUT2D eigenvalue weighted by Crippen LogP contribution is 2.14. The van der Waals surface area contributed by atoms with E-state index in [2.05, 4.69) is 106 Å². The average Bonchev–Trinajstić information content (AvgIpc) is 3.30. The van der Waals surface area contributed by atoms with E-state index in [1.165, 1.54) is 116 Å². The van der Waals surface area contributed by atoms with Crippen LogP contribution < -0.4 is 0 Å². The number of esters is 3. The summed E-state index contributed by atoms with van der Waals surface area (Å²) in [6.45, 7) is 6.41. The van der Waals surface area contributed by atoms with Gasteiger partial charge in [-0.2, -0.15) is 0 Å². The molecule has 0 aliphatic carbocycles. The van der Waals surface area contributed by atoms with Crippen LogP contribution in [0.4, 0.5) is 0 Å². The lowest BCUT2D eigenvalue weighted by molar-refractivity contribution is -0.166. The van der Waals surface area contributed by atoms with Crippen LogP contribution in [-0.4, -0.2) is 37.2 Å². The van der Waals surface area contributed by atoms with Gasteiger partial charge >= 0.3 is 17.9 Å². The van der Waals surface area contributed by atoms with Gasteiger partial charge in [-0.05, 0) is 83.5 Å². The third kappa shape index (κ3) is 51.2. The van der Waals surface area contributed by atoms with Crippen molar-refractivity contribution in [3.8, 4) is 0 Å². The quantitative estimate of drug-likeness (QED) is 0.0262. The lowest BCUT2D eigenvalue weighted by atomic mass is 10.0. The van der Waals surface area contributed by atoms with E-state index in [4.69, 9.17) is 14.2 Å². The van der Waals surface area contributed by atoms with Crippen LogP contribution in [0.1, 0.15) is 239 Å². The minimum Gasteiger partial charge on any atom is -0.462 e. The molecule has 0 aliphatic heterocycles. The van der Waals surface area contributed by atoms with Gasteiger partial charge in [-0.25, -0.2) is 0 Å². The number of carbonyl (C=O) groups excluding carboxylic acids is 3. The predicted molar refractivity (Wildman–Crippen MR) is 279 cm³/mol. The summed E-state index contributed by atoms with van der Waals surface area (Å²) in [6.07, 6.45) is 69.8. The van der Waals surface area contributed by atoms with Crippen molar-refractivity contribution in [1.82, 2.24) is 0 Å². The van der Waals surface area contributed by atoms with E-state index in [0.717, 1.165) is 70.6 Å². The zero-order valence-electron chi connectivity index (χ0n) is 42.2. The Labute approximate surface area is 400 Å². The van der Waals surface area contributed by atoms with Crippen molar-refractivity contribution in [2.75, 3.05) is 13.2 Å². The van der Waals surface area contributed by atoms with Crippen LogP contribution in [0.3, 0.4) is 0 Å². The number of hydrogen-bond acceptors (Lipinski definition) is 6. The molecule has 370 valence electrons. The number of unbranched alkanes of at least 4 members (excludes halogenated alkanes) is 20. The lowest BCUT2D eigenvalue weighted by Crippen LogP contribution is -2.30. The minimum atomic E-state index is -0.836. The highest BCUT2D eigenvalue weighted by Gasteiger charge is 2.19. The van der Waals surface area contributed by atoms with Crippen molar-refractivity contribution in [1.29, 1.82) is 0 Å². The smallest absolute Gasteiger partial charge is 0.306 e. The second kappa shape index (κ2) is 52.9. The standard InChI is InChI=1S/C59H98O6/c1-4-7-10-13-16-19-22-25-28-30-32-34-37-40-43-46-49-52-58(61)64-55-56(54-63-57(60)51-48-45-42-39-36-33-27-24-21-18-15-12-9-6-3)65-59(62)53-50-47-44-41-38-35-31-29-26-23-20-17-14-11-8-5-2/h8,11,17,20,25-26,28-29,32,34-35,38,40,43-44,47,56H,4-7,9-10,12-16,18-19,21-24,27,30-31,33,36-37,39,41-42,45-46,48-55H2,1-3H3/b11-8-,20-17-,28-25-,29-26-,34-32-,38-35-,43-40-,47-44-. The average molecular weight is 903 g/mol. The van der Waals surface area contributed by atoms with Gasteiger partial charge in [-0.15, -0.1) is 0 Å². The molecule has 6 heteroatoms. The Hall–Kier alpha value is -3.67. The highest BCUT2D eigenvalue weighted by molar-refractivity contribution is 5.71. The zero-order chi connectivity index (χ0) is 47.2. The summed E-state index contributed by atoms with van der Waals surface area (Å²) in [7, 11) is 0. The van der Waals surface area contributed by atoms with Crippen LogP contribution in [-0.2, 0) is 28.6 Å². The summed E-state index contributed by atoms with van der Waals surface area (Å²) in [6, 6.07) is 0. The van der Waals surface area contributed by atoms with Crippen LogP contribution in [0.25, 0.3) is 0 Å². The molecular formula is C59H98O6. The second-order valence-corrected chi connectivity index (χ2v) is 17.4. The molecule has 0 aromatic carbocycles. The topological polar surface area (TPSA) is 78.9 Å². The van der Waals surface area contributed by atoms with E-state index in [9.17, 15) is 14.4 Å². The summed E-state index contributed by atoms with van der Waals surface area (Å²) < 4.78 is 16.7. The maximum atomic E-state index is 12.8. The third-order valence-electron chi connectivity index (χ3n) is 11.1. The molecule has 0 aromatic rings. The highest BCUT2D eigenvalue weighted by atomic mass is 16.6. The fourth-order valence-corrected chi connectivity index (χ4v) is 7.10. The zero-order valence-corrected chi connectivity index (χ0v) is 42.2. The molecule has 0 fully saturated rings. The summed E-state index contributed by atoms with van der Waals surface area (Å²) in [5.74, 6) is -1.06. The van der Waals surface area contributed by atoms with E-state index in [0.29, 0.717) is 19.3 Å². The van der Waals surface area contributed by atoms with E-state index < -0.39 is 12.1 Å². The lowest BCUT2D eigenvalue weighted by Gasteiger charge is -2.18. The van der Waals surface area contributed by atoms with E-state index in [1.807, 2.05) is 12.2 Å². The van der Waals surface area contributed by atoms with Gasteiger partial charge in [0.05, 0.1) is 0 Å². The number of carbonyl (C=O) groups is 3. The van der Waals surface area contributed by atoms with E-state index >= 15 is 0 Å². The van der Waals surface area contributed by atoms with Crippen LogP contribution in [0.5, 0.6) is 0 Å². The molecule has 0 aliphatic rings. The van der Waals surface area contributed by atoms with Gasteiger partial charge in [-0.3, -0.25) is 14.4 Å². The van der Waals surface area contributed by atoms with Gasteiger partial charge in [0.2, 0.25) is 0 Å². The molecule has 0 N–H and O–H groups in total. The molecule has 0 amide bonds. The van der Waals surface area contributed by atoms with Crippen molar-refractivity contribution in [3.05, 3.63) is 97.2 Å². The maximum Gasteiger partial charge on any atom is 0.306 e. The van der Waals surface area contributed by atoms with Crippen LogP contribution in [0.2, 0.25) is 0 Å². The Morgan fingerprint density at radius 2 is 0.646 bits per heavy atom. The summed E-state index contributed by atoms with van der Waals surface area (Å²) in [4.78, 5) is 38.0. The first-order chi connectivity index (χ1) is 32.0. The molecular weight excluding hydrogens is 805 g/mol. The first-order valence-electron chi connectivity index (χ1n) is 26.7. The normalized spacial score (nSPS) is 12.8. The Morgan fingerprint density at radius 3 is 1.06 bits per heavy atom. The van der Waals surface area contributed by atoms with E-state index in [-0.39, 0.29) is 38.0 Å². The van der Waals surface area contributed by atoms with Gasteiger partial charge in [0, 0.05) is 19.3 Å². The first kappa shape index (κ1) is 61.3. The number of hydrogen-bond donors (Lipinski definition) is 0. The minimum absolute atomic E-state index is 0.122. The summed E-state index contributed by atoms with van der Waals surface area (Å²) in [5.41, 5.74) is 0. The summed E-state index contributed by atoms with van der Waals surface area (Å²) >= 11 is 0. The van der Waals surface area contributed by atoms with E-state index in [1.54, 1.807) is 0 Å². The molecule has 1 atom stereocenters. The fourth-order valence-electron chi connectivity index (χ4n) is 7.10. The van der Waals surface area contributed by atoms with Gasteiger partial charge in [-0.1, -0.05) is 234 Å². The number of rotatable bonds is 47. The second-order valence-electron chi connectivity index (χ2n) is 17.4. The molecule has 0 bridgehead atoms. The molecule has 0 spiro atoms. The number of ether oxygens (including phenoxy) is 3. The van der Waals surface area contributed by atoms with Crippen molar-refractivity contribution in [3.63, 3.8) is 0 Å². The van der Waals surface area contributed by atoms with Crippen molar-refractivity contribution in [2.45, 2.75) is 245 Å².